The molecule has 1 aromatic heterocycles. The molecule has 1 aliphatic heterocycles. The van der Waals surface area contributed by atoms with E-state index in [0.29, 0.717) is 17.5 Å². The summed E-state index contributed by atoms with van der Waals surface area (Å²) in [6.45, 7) is 5.43. The standard InChI is InChI=1S/C19H23ClN4O/c1-3-16-17(20)21-13(2)22-18(16)24-11-7-8-14(12-24)19(25)23-15-9-5-4-6-10-15/h4-6,9-10,14H,3,7-8,11-12H2,1-2H3,(H,23,25)/t14-/m1/s1. The van der Waals surface area contributed by atoms with E-state index in [4.69, 9.17) is 11.6 Å². The van der Waals surface area contributed by atoms with E-state index < -0.39 is 0 Å². The van der Waals surface area contributed by atoms with Gasteiger partial charge in [-0.2, -0.15) is 0 Å². The van der Waals surface area contributed by atoms with Gasteiger partial charge in [-0.25, -0.2) is 9.97 Å². The van der Waals surface area contributed by atoms with Gasteiger partial charge >= 0.3 is 0 Å². The molecule has 1 aromatic carbocycles. The van der Waals surface area contributed by atoms with Crippen molar-refractivity contribution in [2.24, 2.45) is 5.92 Å². The van der Waals surface area contributed by atoms with E-state index in [1.54, 1.807) is 0 Å². The average Bonchev–Trinajstić information content (AvgIpc) is 2.62. The van der Waals surface area contributed by atoms with Gasteiger partial charge in [0.05, 0.1) is 5.92 Å². The SMILES string of the molecule is CCc1c(Cl)nc(C)nc1N1CCC[C@@H](C(=O)Nc2ccccc2)C1. The molecule has 6 heteroatoms. The fourth-order valence-electron chi connectivity index (χ4n) is 3.26. The van der Waals surface area contributed by atoms with Crippen LogP contribution in [0.4, 0.5) is 11.5 Å². The minimum atomic E-state index is -0.0623. The molecule has 0 bridgehead atoms. The fourth-order valence-corrected chi connectivity index (χ4v) is 3.60. The first-order valence-electron chi connectivity index (χ1n) is 8.72. The Hall–Kier alpha value is -2.14. The number of nitrogens with one attached hydrogen (secondary N) is 1. The molecule has 1 saturated heterocycles. The van der Waals surface area contributed by atoms with Crippen LogP contribution in [0.5, 0.6) is 0 Å². The Bertz CT molecular complexity index is 751. The van der Waals surface area contributed by atoms with Crippen LogP contribution in [0.25, 0.3) is 0 Å². The van der Waals surface area contributed by atoms with Crippen LogP contribution in [-0.4, -0.2) is 29.0 Å². The lowest BCUT2D eigenvalue weighted by Crippen LogP contribution is -2.41. The minimum Gasteiger partial charge on any atom is -0.355 e. The Labute approximate surface area is 153 Å². The highest BCUT2D eigenvalue weighted by atomic mass is 35.5. The van der Waals surface area contributed by atoms with Gasteiger partial charge in [0.2, 0.25) is 5.91 Å². The van der Waals surface area contributed by atoms with Crippen LogP contribution in [0.2, 0.25) is 5.15 Å². The van der Waals surface area contributed by atoms with Gasteiger partial charge in [0.25, 0.3) is 0 Å². The molecule has 1 N–H and O–H groups in total. The third-order valence-corrected chi connectivity index (χ3v) is 4.85. The summed E-state index contributed by atoms with van der Waals surface area (Å²) >= 11 is 6.30. The van der Waals surface area contributed by atoms with Crippen LogP contribution >= 0.6 is 11.6 Å². The predicted octanol–water partition coefficient (Wildman–Crippen LogP) is 3.86. The van der Waals surface area contributed by atoms with Crippen molar-refractivity contribution in [3.05, 3.63) is 46.9 Å². The summed E-state index contributed by atoms with van der Waals surface area (Å²) < 4.78 is 0. The maximum absolute atomic E-state index is 12.6. The quantitative estimate of drug-likeness (QED) is 0.843. The van der Waals surface area contributed by atoms with Crippen LogP contribution in [0.1, 0.15) is 31.2 Å². The Kier molecular flexibility index (Phi) is 5.53. The molecule has 2 heterocycles. The number of aromatic nitrogens is 2. The number of amides is 1. The lowest BCUT2D eigenvalue weighted by atomic mass is 9.96. The normalized spacial score (nSPS) is 17.4. The lowest BCUT2D eigenvalue weighted by Gasteiger charge is -2.34. The average molecular weight is 359 g/mol. The van der Waals surface area contributed by atoms with Gasteiger partial charge in [-0.1, -0.05) is 36.7 Å². The summed E-state index contributed by atoms with van der Waals surface area (Å²) in [5.74, 6) is 1.53. The smallest absolute Gasteiger partial charge is 0.229 e. The zero-order chi connectivity index (χ0) is 17.8. The largest absolute Gasteiger partial charge is 0.355 e. The van der Waals surface area contributed by atoms with E-state index in [0.717, 1.165) is 42.9 Å². The molecular weight excluding hydrogens is 336 g/mol. The van der Waals surface area contributed by atoms with E-state index in [-0.39, 0.29) is 11.8 Å². The number of hydrogen-bond acceptors (Lipinski definition) is 4. The molecule has 1 fully saturated rings. The molecule has 1 aliphatic rings. The number of hydrogen-bond donors (Lipinski definition) is 1. The summed E-state index contributed by atoms with van der Waals surface area (Å²) in [5, 5.41) is 3.53. The molecular formula is C19H23ClN4O. The number of anilines is 2. The van der Waals surface area contributed by atoms with Crippen molar-refractivity contribution in [2.45, 2.75) is 33.1 Å². The minimum absolute atomic E-state index is 0.0609. The number of piperidine rings is 1. The van der Waals surface area contributed by atoms with Crippen LogP contribution < -0.4 is 10.2 Å². The molecule has 1 atom stereocenters. The zero-order valence-corrected chi connectivity index (χ0v) is 15.4. The molecule has 0 unspecified atom stereocenters. The van der Waals surface area contributed by atoms with E-state index in [1.165, 1.54) is 0 Å². The number of aryl methyl sites for hydroxylation is 1. The zero-order valence-electron chi connectivity index (χ0n) is 14.6. The van der Waals surface area contributed by atoms with E-state index >= 15 is 0 Å². The Balaban J connectivity index is 1.76. The first-order valence-corrected chi connectivity index (χ1v) is 9.10. The molecule has 2 aromatic rings. The van der Waals surface area contributed by atoms with Crippen molar-refractivity contribution >= 4 is 29.0 Å². The fraction of sp³-hybridized carbons (Fsp3) is 0.421. The molecule has 5 nitrogen and oxygen atoms in total. The molecule has 0 spiro atoms. The summed E-state index contributed by atoms with van der Waals surface area (Å²) in [4.78, 5) is 23.7. The Morgan fingerprint density at radius 1 is 1.32 bits per heavy atom. The number of benzene rings is 1. The molecule has 0 aliphatic carbocycles. The molecule has 25 heavy (non-hydrogen) atoms. The van der Waals surface area contributed by atoms with E-state index in [1.807, 2.05) is 44.2 Å². The molecule has 132 valence electrons. The number of carbonyl (C=O) groups excluding carboxylic acids is 1. The molecule has 3 rings (SSSR count). The number of rotatable bonds is 4. The monoisotopic (exact) mass is 358 g/mol. The van der Waals surface area contributed by atoms with Crippen LogP contribution in [0, 0.1) is 12.8 Å². The first-order chi connectivity index (χ1) is 12.1. The van der Waals surface area contributed by atoms with Gasteiger partial charge in [-0.15, -0.1) is 0 Å². The molecule has 1 amide bonds. The van der Waals surface area contributed by atoms with Gasteiger partial charge in [-0.05, 0) is 38.3 Å². The summed E-state index contributed by atoms with van der Waals surface area (Å²) in [7, 11) is 0. The third kappa shape index (κ3) is 4.10. The number of carbonyl (C=O) groups is 1. The Morgan fingerprint density at radius 3 is 2.80 bits per heavy atom. The van der Waals surface area contributed by atoms with Gasteiger partial charge in [0, 0.05) is 24.3 Å². The maximum Gasteiger partial charge on any atom is 0.229 e. The van der Waals surface area contributed by atoms with Gasteiger partial charge in [0.1, 0.15) is 16.8 Å². The van der Waals surface area contributed by atoms with Crippen molar-refractivity contribution in [2.75, 3.05) is 23.3 Å². The third-order valence-electron chi connectivity index (χ3n) is 4.53. The van der Waals surface area contributed by atoms with Crippen molar-refractivity contribution in [1.82, 2.24) is 9.97 Å². The summed E-state index contributed by atoms with van der Waals surface area (Å²) in [6.07, 6.45) is 2.61. The maximum atomic E-state index is 12.6. The second-order valence-electron chi connectivity index (χ2n) is 6.36. The molecule has 0 radical (unpaired) electrons. The highest BCUT2D eigenvalue weighted by molar-refractivity contribution is 6.30. The second-order valence-corrected chi connectivity index (χ2v) is 6.72. The van der Waals surface area contributed by atoms with Crippen molar-refractivity contribution < 1.29 is 4.79 Å². The topological polar surface area (TPSA) is 58.1 Å². The second kappa shape index (κ2) is 7.83. The van der Waals surface area contributed by atoms with Gasteiger partial charge in [0.15, 0.2) is 0 Å². The van der Waals surface area contributed by atoms with Crippen LogP contribution in [0.15, 0.2) is 30.3 Å². The highest BCUT2D eigenvalue weighted by Gasteiger charge is 2.28. The summed E-state index contributed by atoms with van der Waals surface area (Å²) in [5.41, 5.74) is 1.79. The van der Waals surface area contributed by atoms with E-state index in [2.05, 4.69) is 20.2 Å². The number of para-hydroxylation sites is 1. The highest BCUT2D eigenvalue weighted by Crippen LogP contribution is 2.29. The van der Waals surface area contributed by atoms with Crippen LogP contribution in [0.3, 0.4) is 0 Å². The predicted molar refractivity (Wildman–Crippen MR) is 101 cm³/mol. The number of halogens is 1. The van der Waals surface area contributed by atoms with E-state index in [9.17, 15) is 4.79 Å². The first kappa shape index (κ1) is 17.7. The van der Waals surface area contributed by atoms with Crippen molar-refractivity contribution in [3.63, 3.8) is 0 Å². The lowest BCUT2D eigenvalue weighted by molar-refractivity contribution is -0.120. The molecule has 0 saturated carbocycles. The number of nitrogens with zero attached hydrogens (tertiary/aromatic N) is 3. The van der Waals surface area contributed by atoms with Crippen LogP contribution in [-0.2, 0) is 11.2 Å². The van der Waals surface area contributed by atoms with Crippen molar-refractivity contribution in [3.8, 4) is 0 Å². The summed E-state index contributed by atoms with van der Waals surface area (Å²) in [6, 6.07) is 9.58. The van der Waals surface area contributed by atoms with Crippen molar-refractivity contribution in [1.29, 1.82) is 0 Å². The van der Waals surface area contributed by atoms with Gasteiger partial charge < -0.3 is 10.2 Å². The van der Waals surface area contributed by atoms with Gasteiger partial charge in [-0.3, -0.25) is 4.79 Å². The Morgan fingerprint density at radius 2 is 2.08 bits per heavy atom.